The van der Waals surface area contributed by atoms with Gasteiger partial charge in [0.1, 0.15) is 5.82 Å². The van der Waals surface area contributed by atoms with Crippen molar-refractivity contribution < 1.29 is 13.9 Å². The van der Waals surface area contributed by atoms with Crippen LogP contribution >= 0.6 is 0 Å². The van der Waals surface area contributed by atoms with Crippen LogP contribution in [-0.2, 0) is 11.3 Å². The van der Waals surface area contributed by atoms with Crippen LogP contribution in [0.4, 0.5) is 20.7 Å². The van der Waals surface area contributed by atoms with Crippen molar-refractivity contribution in [3.8, 4) is 11.4 Å². The lowest BCUT2D eigenvalue weighted by atomic mass is 10.0. The number of aromatic nitrogens is 5. The second-order valence-corrected chi connectivity index (χ2v) is 10.1. The summed E-state index contributed by atoms with van der Waals surface area (Å²) in [4.78, 5) is 30.1. The summed E-state index contributed by atoms with van der Waals surface area (Å²) in [5, 5.41) is 11.1. The molecule has 11 nitrogen and oxygen atoms in total. The van der Waals surface area contributed by atoms with E-state index in [2.05, 4.69) is 30.1 Å². The Labute approximate surface area is 231 Å². The van der Waals surface area contributed by atoms with Crippen molar-refractivity contribution in [1.29, 1.82) is 0 Å². The Hall–Kier alpha value is -4.16. The molecule has 2 fully saturated rings. The van der Waals surface area contributed by atoms with Gasteiger partial charge in [0, 0.05) is 57.2 Å². The standard InChI is InChI=1S/C28H32FN9O2/c1-30-28(39)33-21-5-3-20(4-6-21)25-34-26(37-12-14-40-15-13-37)23-17-32-38(27(23)35-25)22-8-10-36(11-9-22)18-19-2-7-24(29)31-16-19/h2-7,16-17,22H,8-15,18H2,1H3,(H2,30,33,39). The van der Waals surface area contributed by atoms with Crippen LogP contribution in [0.15, 0.2) is 48.8 Å². The highest BCUT2D eigenvalue weighted by Crippen LogP contribution is 2.32. The molecule has 2 saturated heterocycles. The van der Waals surface area contributed by atoms with Gasteiger partial charge in [0.2, 0.25) is 5.95 Å². The van der Waals surface area contributed by atoms with Gasteiger partial charge in [-0.05, 0) is 48.7 Å². The first-order valence-corrected chi connectivity index (χ1v) is 13.6. The fourth-order valence-electron chi connectivity index (χ4n) is 5.30. The molecule has 4 aromatic rings. The lowest BCUT2D eigenvalue weighted by Crippen LogP contribution is -2.37. The summed E-state index contributed by atoms with van der Waals surface area (Å²) in [7, 11) is 1.58. The molecule has 0 aliphatic carbocycles. The van der Waals surface area contributed by atoms with Gasteiger partial charge in [-0.15, -0.1) is 0 Å². The lowest BCUT2D eigenvalue weighted by molar-refractivity contribution is 0.122. The average Bonchev–Trinajstić information content (AvgIpc) is 3.43. The minimum Gasteiger partial charge on any atom is -0.378 e. The van der Waals surface area contributed by atoms with E-state index in [1.54, 1.807) is 19.3 Å². The Kier molecular flexibility index (Phi) is 7.51. The number of urea groups is 1. The second-order valence-electron chi connectivity index (χ2n) is 10.1. The number of hydrogen-bond acceptors (Lipinski definition) is 8. The maximum Gasteiger partial charge on any atom is 0.318 e. The van der Waals surface area contributed by atoms with Crippen molar-refractivity contribution >= 4 is 28.6 Å². The highest BCUT2D eigenvalue weighted by atomic mass is 19.1. The number of hydrogen-bond donors (Lipinski definition) is 2. The van der Waals surface area contributed by atoms with Crippen molar-refractivity contribution in [3.05, 3.63) is 60.3 Å². The number of piperidine rings is 1. The average molecular weight is 546 g/mol. The second kappa shape index (κ2) is 11.5. The molecule has 40 heavy (non-hydrogen) atoms. The van der Waals surface area contributed by atoms with E-state index in [0.29, 0.717) is 24.7 Å². The molecule has 3 aromatic heterocycles. The Balaban J connectivity index is 1.27. The fourth-order valence-corrected chi connectivity index (χ4v) is 5.30. The van der Waals surface area contributed by atoms with E-state index in [1.807, 2.05) is 30.5 Å². The molecule has 208 valence electrons. The van der Waals surface area contributed by atoms with Crippen LogP contribution in [0, 0.1) is 5.95 Å². The van der Waals surface area contributed by atoms with Gasteiger partial charge in [-0.1, -0.05) is 6.07 Å². The van der Waals surface area contributed by atoms with E-state index in [9.17, 15) is 9.18 Å². The predicted molar refractivity (Wildman–Crippen MR) is 150 cm³/mol. The van der Waals surface area contributed by atoms with E-state index in [0.717, 1.165) is 73.5 Å². The first-order chi connectivity index (χ1) is 19.6. The minimum atomic E-state index is -0.456. The monoisotopic (exact) mass is 545 g/mol. The summed E-state index contributed by atoms with van der Waals surface area (Å²) in [6.07, 6.45) is 5.35. The van der Waals surface area contributed by atoms with E-state index in [1.165, 1.54) is 6.07 Å². The largest absolute Gasteiger partial charge is 0.378 e. The molecule has 2 amide bonds. The number of amides is 2. The molecular weight excluding hydrogens is 513 g/mol. The van der Waals surface area contributed by atoms with Crippen molar-refractivity contribution in [2.75, 3.05) is 56.7 Å². The van der Waals surface area contributed by atoms with Crippen molar-refractivity contribution in [1.82, 2.24) is 34.9 Å². The highest BCUT2D eigenvalue weighted by molar-refractivity contribution is 5.90. The molecule has 6 rings (SSSR count). The Morgan fingerprint density at radius 3 is 2.50 bits per heavy atom. The molecule has 2 aliphatic heterocycles. The highest BCUT2D eigenvalue weighted by Gasteiger charge is 2.26. The van der Waals surface area contributed by atoms with E-state index in [-0.39, 0.29) is 12.1 Å². The number of nitrogens with one attached hydrogen (secondary N) is 2. The van der Waals surface area contributed by atoms with Crippen molar-refractivity contribution in [3.63, 3.8) is 0 Å². The molecule has 2 aliphatic rings. The molecule has 1 aromatic carbocycles. The van der Waals surface area contributed by atoms with Crippen LogP contribution in [0.1, 0.15) is 24.4 Å². The van der Waals surface area contributed by atoms with Gasteiger partial charge in [-0.2, -0.15) is 9.49 Å². The molecular formula is C28H32FN9O2. The van der Waals surface area contributed by atoms with Gasteiger partial charge in [-0.25, -0.2) is 24.4 Å². The number of anilines is 2. The third-order valence-electron chi connectivity index (χ3n) is 7.47. The molecule has 5 heterocycles. The van der Waals surface area contributed by atoms with Gasteiger partial charge < -0.3 is 20.3 Å². The summed E-state index contributed by atoms with van der Waals surface area (Å²) >= 11 is 0. The van der Waals surface area contributed by atoms with Gasteiger partial charge in [-0.3, -0.25) is 4.90 Å². The molecule has 12 heteroatoms. The summed E-state index contributed by atoms with van der Waals surface area (Å²) in [5.74, 6) is 1.02. The Morgan fingerprint density at radius 2 is 1.80 bits per heavy atom. The van der Waals surface area contributed by atoms with Crippen LogP contribution in [0.3, 0.4) is 0 Å². The number of rotatable bonds is 6. The number of morpholine rings is 1. The molecule has 0 spiro atoms. The normalized spacial score (nSPS) is 16.8. The smallest absolute Gasteiger partial charge is 0.318 e. The fraction of sp³-hybridized carbons (Fsp3) is 0.393. The number of benzene rings is 1. The third kappa shape index (κ3) is 5.58. The third-order valence-corrected chi connectivity index (χ3v) is 7.47. The molecule has 2 N–H and O–H groups in total. The SMILES string of the molecule is CNC(=O)Nc1ccc(-c2nc(N3CCOCC3)c3cnn(C4CCN(Cc5ccc(F)nc5)CC4)c3n2)cc1. The number of halogens is 1. The van der Waals surface area contributed by atoms with Crippen molar-refractivity contribution in [2.45, 2.75) is 25.4 Å². The minimum absolute atomic E-state index is 0.208. The summed E-state index contributed by atoms with van der Waals surface area (Å²) in [6.45, 7) is 5.35. The molecule has 0 saturated carbocycles. The van der Waals surface area contributed by atoms with Crippen LogP contribution in [0.5, 0.6) is 0 Å². The predicted octanol–water partition coefficient (Wildman–Crippen LogP) is 3.45. The Morgan fingerprint density at radius 1 is 1.02 bits per heavy atom. The molecule has 0 bridgehead atoms. The summed E-state index contributed by atoms with van der Waals surface area (Å²) < 4.78 is 20.8. The summed E-state index contributed by atoms with van der Waals surface area (Å²) in [6, 6.07) is 10.7. The summed E-state index contributed by atoms with van der Waals surface area (Å²) in [5.41, 5.74) is 3.37. The van der Waals surface area contributed by atoms with Gasteiger partial charge in [0.05, 0.1) is 30.8 Å². The van der Waals surface area contributed by atoms with Crippen LogP contribution in [0.2, 0.25) is 0 Å². The van der Waals surface area contributed by atoms with E-state index in [4.69, 9.17) is 19.8 Å². The number of likely N-dealkylation sites (tertiary alicyclic amines) is 1. The van der Waals surface area contributed by atoms with E-state index < -0.39 is 5.95 Å². The zero-order valence-electron chi connectivity index (χ0n) is 22.4. The first kappa shape index (κ1) is 26.1. The molecule has 0 radical (unpaired) electrons. The van der Waals surface area contributed by atoms with E-state index >= 15 is 0 Å². The number of nitrogens with zero attached hydrogens (tertiary/aromatic N) is 7. The topological polar surface area (TPSA) is 113 Å². The van der Waals surface area contributed by atoms with Crippen LogP contribution in [-0.4, -0.2) is 82.1 Å². The maximum absolute atomic E-state index is 13.2. The molecule has 0 atom stereocenters. The zero-order chi connectivity index (χ0) is 27.5. The van der Waals surface area contributed by atoms with Crippen LogP contribution < -0.4 is 15.5 Å². The molecule has 0 unspecified atom stereocenters. The number of ether oxygens (including phenoxy) is 1. The van der Waals surface area contributed by atoms with Crippen LogP contribution in [0.25, 0.3) is 22.4 Å². The Bertz CT molecular complexity index is 1460. The quantitative estimate of drug-likeness (QED) is 0.354. The van der Waals surface area contributed by atoms with Gasteiger partial charge >= 0.3 is 6.03 Å². The number of carbonyl (C=O) groups is 1. The van der Waals surface area contributed by atoms with Gasteiger partial charge in [0.25, 0.3) is 0 Å². The first-order valence-electron chi connectivity index (χ1n) is 13.6. The number of fused-ring (bicyclic) bond motifs is 1. The number of carbonyl (C=O) groups excluding carboxylic acids is 1. The lowest BCUT2D eigenvalue weighted by Gasteiger charge is -2.32. The van der Waals surface area contributed by atoms with Crippen molar-refractivity contribution in [2.24, 2.45) is 0 Å². The maximum atomic E-state index is 13.2. The zero-order valence-corrected chi connectivity index (χ0v) is 22.4. The van der Waals surface area contributed by atoms with Gasteiger partial charge in [0.15, 0.2) is 11.5 Å². The number of pyridine rings is 1.